The van der Waals surface area contributed by atoms with Crippen LogP contribution < -0.4 is 0 Å². The van der Waals surface area contributed by atoms with E-state index >= 15 is 0 Å². The van der Waals surface area contributed by atoms with Gasteiger partial charge in [-0.05, 0) is 18.4 Å². The molecule has 0 saturated heterocycles. The molecule has 19 heavy (non-hydrogen) atoms. The van der Waals surface area contributed by atoms with E-state index < -0.39 is 0 Å². The molecule has 98 valence electrons. The second-order valence-corrected chi connectivity index (χ2v) is 6.09. The monoisotopic (exact) mass is 272 g/mol. The first-order valence-electron chi connectivity index (χ1n) is 6.42. The van der Waals surface area contributed by atoms with Crippen molar-refractivity contribution in [2.45, 2.75) is 27.2 Å². The molecular weight excluding hydrogens is 256 g/mol. The largest absolute Gasteiger partial charge is 0.234 e. The van der Waals surface area contributed by atoms with Crippen molar-refractivity contribution in [3.63, 3.8) is 0 Å². The molecule has 0 aliphatic rings. The average Bonchev–Trinajstić information content (AvgIpc) is 2.91. The molecule has 0 bridgehead atoms. The second kappa shape index (κ2) is 4.74. The minimum Gasteiger partial charge on any atom is -0.187 e. The first-order chi connectivity index (χ1) is 9.15. The van der Waals surface area contributed by atoms with Crippen LogP contribution in [0.5, 0.6) is 0 Å². The van der Waals surface area contributed by atoms with Crippen LogP contribution in [0.1, 0.15) is 25.2 Å². The SMILES string of the molecule is Cc1ccccc1-c1nn2c(CC(C)C)nnc2s1. The molecule has 0 amide bonds. The Morgan fingerprint density at radius 3 is 2.74 bits per heavy atom. The van der Waals surface area contributed by atoms with Gasteiger partial charge in [0.15, 0.2) is 5.82 Å². The zero-order valence-corrected chi connectivity index (χ0v) is 12.1. The van der Waals surface area contributed by atoms with Gasteiger partial charge in [0.1, 0.15) is 5.01 Å². The third-order valence-corrected chi connectivity index (χ3v) is 3.95. The highest BCUT2D eigenvalue weighted by atomic mass is 32.1. The summed E-state index contributed by atoms with van der Waals surface area (Å²) in [7, 11) is 0. The van der Waals surface area contributed by atoms with E-state index in [2.05, 4.69) is 48.2 Å². The van der Waals surface area contributed by atoms with E-state index in [1.54, 1.807) is 11.3 Å². The molecule has 0 unspecified atom stereocenters. The molecule has 0 atom stereocenters. The number of rotatable bonds is 3. The summed E-state index contributed by atoms with van der Waals surface area (Å²) in [4.78, 5) is 0.869. The van der Waals surface area contributed by atoms with Crippen molar-refractivity contribution in [3.05, 3.63) is 35.7 Å². The molecule has 0 saturated carbocycles. The van der Waals surface area contributed by atoms with Gasteiger partial charge in [0.05, 0.1) is 0 Å². The van der Waals surface area contributed by atoms with E-state index in [0.717, 1.165) is 22.2 Å². The van der Waals surface area contributed by atoms with Crippen molar-refractivity contribution < 1.29 is 0 Å². The van der Waals surface area contributed by atoms with Crippen molar-refractivity contribution in [2.24, 2.45) is 5.92 Å². The topological polar surface area (TPSA) is 43.1 Å². The molecule has 4 nitrogen and oxygen atoms in total. The van der Waals surface area contributed by atoms with Crippen molar-refractivity contribution in [2.75, 3.05) is 0 Å². The van der Waals surface area contributed by atoms with Crippen LogP contribution in [-0.4, -0.2) is 19.8 Å². The molecule has 3 rings (SSSR count). The lowest BCUT2D eigenvalue weighted by atomic mass is 10.1. The highest BCUT2D eigenvalue weighted by molar-refractivity contribution is 7.19. The Labute approximate surface area is 116 Å². The summed E-state index contributed by atoms with van der Waals surface area (Å²) in [5.41, 5.74) is 2.41. The van der Waals surface area contributed by atoms with Gasteiger partial charge in [-0.15, -0.1) is 10.2 Å². The molecule has 0 spiro atoms. The van der Waals surface area contributed by atoms with Crippen LogP contribution in [0.4, 0.5) is 0 Å². The van der Waals surface area contributed by atoms with Gasteiger partial charge in [0.2, 0.25) is 4.96 Å². The summed E-state index contributed by atoms with van der Waals surface area (Å²) < 4.78 is 1.88. The fourth-order valence-corrected chi connectivity index (χ4v) is 3.02. The molecule has 2 aromatic heterocycles. The lowest BCUT2D eigenvalue weighted by Gasteiger charge is -2.01. The first-order valence-corrected chi connectivity index (χ1v) is 7.24. The Morgan fingerprint density at radius 1 is 1.21 bits per heavy atom. The number of nitrogens with zero attached hydrogens (tertiary/aromatic N) is 4. The summed E-state index contributed by atoms with van der Waals surface area (Å²) in [6, 6.07) is 8.29. The van der Waals surface area contributed by atoms with Gasteiger partial charge in [-0.1, -0.05) is 49.4 Å². The van der Waals surface area contributed by atoms with E-state index in [1.165, 1.54) is 11.1 Å². The number of aryl methyl sites for hydroxylation is 1. The Morgan fingerprint density at radius 2 is 2.00 bits per heavy atom. The van der Waals surface area contributed by atoms with E-state index in [0.29, 0.717) is 5.92 Å². The maximum atomic E-state index is 4.67. The van der Waals surface area contributed by atoms with Crippen LogP contribution in [-0.2, 0) is 6.42 Å². The number of benzene rings is 1. The molecule has 2 heterocycles. The highest BCUT2D eigenvalue weighted by Gasteiger charge is 2.14. The maximum absolute atomic E-state index is 4.67. The number of fused-ring (bicyclic) bond motifs is 1. The molecule has 5 heteroatoms. The van der Waals surface area contributed by atoms with Gasteiger partial charge >= 0.3 is 0 Å². The van der Waals surface area contributed by atoms with Crippen molar-refractivity contribution in [3.8, 4) is 10.6 Å². The molecule has 0 N–H and O–H groups in total. The summed E-state index contributed by atoms with van der Waals surface area (Å²) >= 11 is 1.59. The Hall–Kier alpha value is -1.75. The quantitative estimate of drug-likeness (QED) is 0.734. The number of aromatic nitrogens is 4. The fraction of sp³-hybridized carbons (Fsp3) is 0.357. The molecule has 1 aromatic carbocycles. The van der Waals surface area contributed by atoms with E-state index in [-0.39, 0.29) is 0 Å². The molecular formula is C14H16N4S. The van der Waals surface area contributed by atoms with Gasteiger partial charge in [0, 0.05) is 12.0 Å². The summed E-state index contributed by atoms with van der Waals surface area (Å²) in [5.74, 6) is 1.50. The molecule has 0 radical (unpaired) electrons. The minimum atomic E-state index is 0.552. The second-order valence-electron chi connectivity index (χ2n) is 5.13. The van der Waals surface area contributed by atoms with E-state index in [1.807, 2.05) is 16.6 Å². The lowest BCUT2D eigenvalue weighted by molar-refractivity contribution is 0.607. The van der Waals surface area contributed by atoms with Crippen LogP contribution in [0.3, 0.4) is 0 Å². The van der Waals surface area contributed by atoms with Gasteiger partial charge in [-0.2, -0.15) is 9.61 Å². The van der Waals surface area contributed by atoms with Gasteiger partial charge in [-0.3, -0.25) is 0 Å². The van der Waals surface area contributed by atoms with Gasteiger partial charge in [-0.25, -0.2) is 0 Å². The predicted molar refractivity (Wildman–Crippen MR) is 77.4 cm³/mol. The number of hydrogen-bond donors (Lipinski definition) is 0. The average molecular weight is 272 g/mol. The third kappa shape index (κ3) is 2.26. The molecule has 0 aliphatic carbocycles. The van der Waals surface area contributed by atoms with Crippen molar-refractivity contribution in [1.82, 2.24) is 19.8 Å². The Kier molecular flexibility index (Phi) is 3.06. The molecule has 0 aliphatic heterocycles. The van der Waals surface area contributed by atoms with Crippen LogP contribution in [0.25, 0.3) is 15.5 Å². The van der Waals surface area contributed by atoms with Crippen molar-refractivity contribution >= 4 is 16.3 Å². The summed E-state index contributed by atoms with van der Waals surface area (Å²) in [6.45, 7) is 6.46. The van der Waals surface area contributed by atoms with Crippen LogP contribution >= 0.6 is 11.3 Å². The van der Waals surface area contributed by atoms with Crippen molar-refractivity contribution in [1.29, 1.82) is 0 Å². The van der Waals surface area contributed by atoms with Crippen LogP contribution in [0, 0.1) is 12.8 Å². The van der Waals surface area contributed by atoms with E-state index in [9.17, 15) is 0 Å². The maximum Gasteiger partial charge on any atom is 0.234 e. The molecule has 3 aromatic rings. The fourth-order valence-electron chi connectivity index (χ4n) is 2.07. The predicted octanol–water partition coefficient (Wildman–Crippen LogP) is 3.36. The highest BCUT2D eigenvalue weighted by Crippen LogP contribution is 2.28. The van der Waals surface area contributed by atoms with Crippen LogP contribution in [0.15, 0.2) is 24.3 Å². The zero-order chi connectivity index (χ0) is 13.4. The van der Waals surface area contributed by atoms with Gasteiger partial charge < -0.3 is 0 Å². The first kappa shape index (κ1) is 12.3. The Bertz CT molecular complexity index is 711. The minimum absolute atomic E-state index is 0.552. The molecule has 0 fully saturated rings. The standard InChI is InChI=1S/C14H16N4S/c1-9(2)8-12-15-16-14-18(12)17-13(19-14)11-7-5-4-6-10(11)3/h4-7,9H,8H2,1-3H3. The summed E-state index contributed by atoms with van der Waals surface area (Å²) in [5, 5.41) is 14.1. The third-order valence-electron chi connectivity index (χ3n) is 3.02. The Balaban J connectivity index is 2.07. The zero-order valence-electron chi connectivity index (χ0n) is 11.3. The normalized spacial score (nSPS) is 11.6. The van der Waals surface area contributed by atoms with Gasteiger partial charge in [0.25, 0.3) is 0 Å². The lowest BCUT2D eigenvalue weighted by Crippen LogP contribution is -2.01. The smallest absolute Gasteiger partial charge is 0.187 e. The van der Waals surface area contributed by atoms with E-state index in [4.69, 9.17) is 0 Å². The summed E-state index contributed by atoms with van der Waals surface area (Å²) in [6.07, 6.45) is 0.901. The number of hydrogen-bond acceptors (Lipinski definition) is 4. The van der Waals surface area contributed by atoms with Crippen LogP contribution in [0.2, 0.25) is 0 Å².